The van der Waals surface area contributed by atoms with Crippen LogP contribution in [0.1, 0.15) is 46.5 Å². The third-order valence-corrected chi connectivity index (χ3v) is 4.37. The molecule has 0 aliphatic heterocycles. The first-order valence-corrected chi connectivity index (χ1v) is 5.70. The molecule has 0 aromatic carbocycles. The molecular formula is C12H22. The average molecular weight is 166 g/mol. The van der Waals surface area contributed by atoms with Crippen LogP contribution in [0.25, 0.3) is 0 Å². The van der Waals surface area contributed by atoms with Gasteiger partial charge in [0.25, 0.3) is 0 Å². The van der Waals surface area contributed by atoms with E-state index in [0.29, 0.717) is 0 Å². The molecule has 70 valence electrons. The number of fused-ring (bicyclic) bond motifs is 1. The summed E-state index contributed by atoms with van der Waals surface area (Å²) in [4.78, 5) is 0. The lowest BCUT2D eigenvalue weighted by atomic mass is 9.76. The lowest BCUT2D eigenvalue weighted by Gasteiger charge is -2.30. The maximum absolute atomic E-state index is 2.47. The molecule has 2 fully saturated rings. The van der Waals surface area contributed by atoms with Crippen molar-refractivity contribution in [1.29, 1.82) is 0 Å². The number of hydrogen-bond acceptors (Lipinski definition) is 0. The van der Waals surface area contributed by atoms with Gasteiger partial charge >= 0.3 is 0 Å². The predicted molar refractivity (Wildman–Crippen MR) is 52.9 cm³/mol. The van der Waals surface area contributed by atoms with Crippen molar-refractivity contribution in [3.63, 3.8) is 0 Å². The summed E-state index contributed by atoms with van der Waals surface area (Å²) in [6, 6.07) is 0. The Bertz CT molecular complexity index is 159. The molecule has 12 heavy (non-hydrogen) atoms. The van der Waals surface area contributed by atoms with Crippen molar-refractivity contribution in [2.45, 2.75) is 46.5 Å². The first kappa shape index (κ1) is 8.59. The molecule has 2 aliphatic rings. The van der Waals surface area contributed by atoms with Gasteiger partial charge in [0.2, 0.25) is 0 Å². The summed E-state index contributed by atoms with van der Waals surface area (Å²) < 4.78 is 0. The van der Waals surface area contributed by atoms with E-state index in [2.05, 4.69) is 20.8 Å². The van der Waals surface area contributed by atoms with Crippen LogP contribution < -0.4 is 0 Å². The summed E-state index contributed by atoms with van der Waals surface area (Å²) in [6.07, 6.45) is 6.16. The van der Waals surface area contributed by atoms with Gasteiger partial charge < -0.3 is 0 Å². The number of hydrogen-bond donors (Lipinski definition) is 0. The van der Waals surface area contributed by atoms with Crippen molar-refractivity contribution < 1.29 is 0 Å². The highest BCUT2D eigenvalue weighted by atomic mass is 14.5. The van der Waals surface area contributed by atoms with E-state index in [9.17, 15) is 0 Å². The second-order valence-electron chi connectivity index (χ2n) is 5.36. The van der Waals surface area contributed by atoms with Crippen LogP contribution in [-0.4, -0.2) is 0 Å². The second-order valence-corrected chi connectivity index (χ2v) is 5.36. The normalized spacial score (nSPS) is 42.5. The van der Waals surface area contributed by atoms with Crippen LogP contribution in [0, 0.1) is 29.6 Å². The standard InChI is InChI=1S/C12H22/c1-8(2)9(3)11-6-4-5-10-7-12(10)11/h8-12H,4-7H2,1-3H3. The molecule has 0 nitrogen and oxygen atoms in total. The zero-order valence-corrected chi connectivity index (χ0v) is 8.72. The van der Waals surface area contributed by atoms with Gasteiger partial charge in [0.05, 0.1) is 0 Å². The largest absolute Gasteiger partial charge is 0.0625 e. The van der Waals surface area contributed by atoms with Crippen LogP contribution in [0.2, 0.25) is 0 Å². The molecule has 0 amide bonds. The molecule has 0 bridgehead atoms. The molecule has 0 radical (unpaired) electrons. The van der Waals surface area contributed by atoms with Crippen LogP contribution in [0.3, 0.4) is 0 Å². The predicted octanol–water partition coefficient (Wildman–Crippen LogP) is 3.71. The molecule has 2 saturated carbocycles. The minimum atomic E-state index is 0.898. The van der Waals surface area contributed by atoms with Gasteiger partial charge in [-0.2, -0.15) is 0 Å². The molecule has 0 aromatic heterocycles. The Morgan fingerprint density at radius 1 is 1.08 bits per heavy atom. The van der Waals surface area contributed by atoms with Gasteiger partial charge in [-0.05, 0) is 42.4 Å². The van der Waals surface area contributed by atoms with Crippen molar-refractivity contribution in [3.05, 3.63) is 0 Å². The van der Waals surface area contributed by atoms with E-state index in [1.54, 1.807) is 12.8 Å². The van der Waals surface area contributed by atoms with Crippen LogP contribution in [0.5, 0.6) is 0 Å². The van der Waals surface area contributed by atoms with Crippen molar-refractivity contribution >= 4 is 0 Å². The number of rotatable bonds is 2. The molecule has 0 spiro atoms. The molecule has 2 rings (SSSR count). The van der Waals surface area contributed by atoms with Gasteiger partial charge in [-0.25, -0.2) is 0 Å². The van der Waals surface area contributed by atoms with Crippen LogP contribution in [0.15, 0.2) is 0 Å². The van der Waals surface area contributed by atoms with Crippen LogP contribution >= 0.6 is 0 Å². The average Bonchev–Trinajstić information content (AvgIpc) is 2.80. The Kier molecular flexibility index (Phi) is 2.18. The van der Waals surface area contributed by atoms with E-state index in [1.807, 2.05) is 0 Å². The summed E-state index contributed by atoms with van der Waals surface area (Å²) in [5.41, 5.74) is 0. The summed E-state index contributed by atoms with van der Waals surface area (Å²) in [7, 11) is 0. The summed E-state index contributed by atoms with van der Waals surface area (Å²) in [5, 5.41) is 0. The topological polar surface area (TPSA) is 0 Å². The van der Waals surface area contributed by atoms with E-state index in [1.165, 1.54) is 12.8 Å². The van der Waals surface area contributed by atoms with Crippen molar-refractivity contribution in [2.24, 2.45) is 29.6 Å². The first-order chi connectivity index (χ1) is 5.70. The maximum atomic E-state index is 2.47. The molecule has 4 unspecified atom stereocenters. The Hall–Kier alpha value is 0. The molecule has 0 N–H and O–H groups in total. The zero-order chi connectivity index (χ0) is 8.72. The molecular weight excluding hydrogens is 144 g/mol. The van der Waals surface area contributed by atoms with E-state index >= 15 is 0 Å². The van der Waals surface area contributed by atoms with Gasteiger partial charge in [0.15, 0.2) is 0 Å². The molecule has 0 heterocycles. The van der Waals surface area contributed by atoms with Crippen LogP contribution in [0.4, 0.5) is 0 Å². The lowest BCUT2D eigenvalue weighted by molar-refractivity contribution is 0.198. The molecule has 2 aliphatic carbocycles. The fraction of sp³-hybridized carbons (Fsp3) is 1.00. The van der Waals surface area contributed by atoms with Crippen molar-refractivity contribution in [2.75, 3.05) is 0 Å². The van der Waals surface area contributed by atoms with Gasteiger partial charge in [0, 0.05) is 0 Å². The highest BCUT2D eigenvalue weighted by molar-refractivity contribution is 4.96. The van der Waals surface area contributed by atoms with Gasteiger partial charge in [-0.15, -0.1) is 0 Å². The van der Waals surface area contributed by atoms with Crippen molar-refractivity contribution in [3.8, 4) is 0 Å². The molecule has 0 saturated heterocycles. The van der Waals surface area contributed by atoms with Crippen molar-refractivity contribution in [1.82, 2.24) is 0 Å². The summed E-state index contributed by atoms with van der Waals surface area (Å²) >= 11 is 0. The van der Waals surface area contributed by atoms with E-state index < -0.39 is 0 Å². The summed E-state index contributed by atoms with van der Waals surface area (Å²) in [5.74, 6) is 5.26. The minimum absolute atomic E-state index is 0.898. The quantitative estimate of drug-likeness (QED) is 0.586. The molecule has 0 heteroatoms. The highest BCUT2D eigenvalue weighted by Gasteiger charge is 2.46. The Morgan fingerprint density at radius 3 is 2.50 bits per heavy atom. The Labute approximate surface area is 76.7 Å². The van der Waals surface area contributed by atoms with E-state index in [4.69, 9.17) is 0 Å². The van der Waals surface area contributed by atoms with Gasteiger partial charge in [-0.1, -0.05) is 33.6 Å². The first-order valence-electron chi connectivity index (χ1n) is 5.70. The van der Waals surface area contributed by atoms with Gasteiger partial charge in [-0.3, -0.25) is 0 Å². The fourth-order valence-electron chi connectivity index (χ4n) is 3.10. The third kappa shape index (κ3) is 1.41. The third-order valence-electron chi connectivity index (χ3n) is 4.37. The molecule has 4 atom stereocenters. The lowest BCUT2D eigenvalue weighted by Crippen LogP contribution is -2.22. The smallest absolute Gasteiger partial charge is 0.0352 e. The minimum Gasteiger partial charge on any atom is -0.0625 e. The summed E-state index contributed by atoms with van der Waals surface area (Å²) in [6.45, 7) is 7.24. The van der Waals surface area contributed by atoms with E-state index in [-0.39, 0.29) is 0 Å². The highest BCUT2D eigenvalue weighted by Crippen LogP contribution is 2.55. The second kappa shape index (κ2) is 3.05. The maximum Gasteiger partial charge on any atom is -0.0352 e. The zero-order valence-electron chi connectivity index (χ0n) is 8.72. The Morgan fingerprint density at radius 2 is 1.83 bits per heavy atom. The van der Waals surface area contributed by atoms with Gasteiger partial charge in [0.1, 0.15) is 0 Å². The monoisotopic (exact) mass is 166 g/mol. The van der Waals surface area contributed by atoms with Crippen LogP contribution in [-0.2, 0) is 0 Å². The SMILES string of the molecule is CC(C)C(C)C1CCCC2CC21. The van der Waals surface area contributed by atoms with E-state index in [0.717, 1.165) is 29.6 Å². The molecule has 0 aromatic rings. The Balaban J connectivity index is 1.94. The fourth-order valence-corrected chi connectivity index (χ4v) is 3.10.